The standard InChI is InChI=1S/C38H45F2N5O6/c1-24(32(47)11-8-17-44-33(48)14-15-34(44)49)42-37(51)30(41)16-18-45(35(50)23-46)36(38(2,3)4)31-19-26(28-20-27(39)12-13-29(28)40)22-43(31)21-25-9-6-5-7-10-25/h5-7,9-10,12-15,19-20,22,24,30,36,46H,8,11,16-18,21,23,41H2,1-4H3,(H,42,51)/t24-,30+,36+/m1/s1. The van der Waals surface area contributed by atoms with Crippen LogP contribution in [0.3, 0.4) is 0 Å². The molecule has 3 aromatic rings. The summed E-state index contributed by atoms with van der Waals surface area (Å²) in [4.78, 5) is 65.2. The number of aliphatic hydroxyl groups excluding tert-OH is 1. The molecule has 0 unspecified atom stereocenters. The summed E-state index contributed by atoms with van der Waals surface area (Å²) in [6.45, 7) is 6.78. The van der Waals surface area contributed by atoms with E-state index in [4.69, 9.17) is 5.73 Å². The fraction of sp³-hybridized carbons (Fsp3) is 0.395. The van der Waals surface area contributed by atoms with Gasteiger partial charge in [-0.1, -0.05) is 51.1 Å². The van der Waals surface area contributed by atoms with Crippen molar-refractivity contribution < 1.29 is 37.9 Å². The first kappa shape index (κ1) is 38.8. The van der Waals surface area contributed by atoms with E-state index in [2.05, 4.69) is 5.32 Å². The largest absolute Gasteiger partial charge is 0.387 e. The summed E-state index contributed by atoms with van der Waals surface area (Å²) in [6, 6.07) is 11.7. The summed E-state index contributed by atoms with van der Waals surface area (Å²) < 4.78 is 31.1. The number of carbonyl (C=O) groups is 5. The summed E-state index contributed by atoms with van der Waals surface area (Å²) in [7, 11) is 0. The van der Waals surface area contributed by atoms with Gasteiger partial charge < -0.3 is 25.6 Å². The van der Waals surface area contributed by atoms with Crippen molar-refractivity contribution in [2.24, 2.45) is 11.1 Å². The lowest BCUT2D eigenvalue weighted by atomic mass is 9.82. The van der Waals surface area contributed by atoms with Gasteiger partial charge in [-0.05, 0) is 55.0 Å². The highest BCUT2D eigenvalue weighted by Crippen LogP contribution is 2.41. The molecule has 0 fully saturated rings. The van der Waals surface area contributed by atoms with Crippen LogP contribution in [0.1, 0.15) is 64.3 Å². The maximum Gasteiger partial charge on any atom is 0.253 e. The Hall–Kier alpha value is -5.01. The average Bonchev–Trinajstić information content (AvgIpc) is 3.64. The van der Waals surface area contributed by atoms with E-state index in [-0.39, 0.29) is 43.7 Å². The SMILES string of the molecule is C[C@@H](NC(=O)[C@@H](N)CCN(C(=O)CO)[C@@H](c1cc(-c2cc(F)ccc2F)cn1Cc1ccccc1)C(C)(C)C)C(=O)CCCN1C(=O)C=CC1=O. The highest BCUT2D eigenvalue weighted by atomic mass is 19.1. The highest BCUT2D eigenvalue weighted by molar-refractivity contribution is 6.12. The maximum absolute atomic E-state index is 15.0. The molecule has 0 saturated carbocycles. The van der Waals surface area contributed by atoms with Crippen molar-refractivity contribution in [2.45, 2.75) is 71.6 Å². The summed E-state index contributed by atoms with van der Waals surface area (Å²) in [5, 5.41) is 12.7. The van der Waals surface area contributed by atoms with Crippen LogP contribution in [-0.2, 0) is 30.5 Å². The lowest BCUT2D eigenvalue weighted by Gasteiger charge is -2.41. The van der Waals surface area contributed by atoms with Gasteiger partial charge in [-0.15, -0.1) is 0 Å². The number of carbonyl (C=O) groups excluding carboxylic acids is 5. The predicted molar refractivity (Wildman–Crippen MR) is 187 cm³/mol. The Morgan fingerprint density at radius 1 is 1.00 bits per heavy atom. The van der Waals surface area contributed by atoms with Crippen molar-refractivity contribution in [3.63, 3.8) is 0 Å². The van der Waals surface area contributed by atoms with Gasteiger partial charge in [0.25, 0.3) is 11.8 Å². The number of hydrogen-bond acceptors (Lipinski definition) is 7. The Morgan fingerprint density at radius 2 is 1.67 bits per heavy atom. The number of aliphatic hydroxyl groups is 1. The van der Waals surface area contributed by atoms with Gasteiger partial charge in [-0.2, -0.15) is 0 Å². The fourth-order valence-electron chi connectivity index (χ4n) is 6.19. The van der Waals surface area contributed by atoms with Gasteiger partial charge in [0.15, 0.2) is 5.78 Å². The van der Waals surface area contributed by atoms with E-state index in [0.29, 0.717) is 17.8 Å². The minimum atomic E-state index is -1.13. The van der Waals surface area contributed by atoms with Gasteiger partial charge in [-0.25, -0.2) is 8.78 Å². The molecule has 1 aliphatic heterocycles. The number of ketones is 1. The minimum Gasteiger partial charge on any atom is -0.387 e. The summed E-state index contributed by atoms with van der Waals surface area (Å²) >= 11 is 0. The average molecular weight is 706 g/mol. The summed E-state index contributed by atoms with van der Waals surface area (Å²) in [5.74, 6) is -3.65. The molecule has 2 heterocycles. The van der Waals surface area contributed by atoms with Crippen LogP contribution in [0.4, 0.5) is 8.78 Å². The lowest BCUT2D eigenvalue weighted by Crippen LogP contribution is -2.50. The van der Waals surface area contributed by atoms with E-state index in [1.807, 2.05) is 55.7 Å². The molecule has 0 bridgehead atoms. The number of amides is 4. The Morgan fingerprint density at radius 3 is 2.29 bits per heavy atom. The predicted octanol–water partition coefficient (Wildman–Crippen LogP) is 3.89. The van der Waals surface area contributed by atoms with Crippen LogP contribution >= 0.6 is 0 Å². The minimum absolute atomic E-state index is 0.0178. The first-order valence-electron chi connectivity index (χ1n) is 16.8. The van der Waals surface area contributed by atoms with E-state index < -0.39 is 65.4 Å². The number of hydrogen-bond donors (Lipinski definition) is 3. The third-order valence-electron chi connectivity index (χ3n) is 8.80. The second-order valence-corrected chi connectivity index (χ2v) is 13.8. The van der Waals surface area contributed by atoms with Crippen molar-refractivity contribution in [2.75, 3.05) is 19.7 Å². The molecule has 4 N–H and O–H groups in total. The van der Waals surface area contributed by atoms with Gasteiger partial charge in [0.05, 0.1) is 18.1 Å². The first-order valence-corrected chi connectivity index (χ1v) is 16.8. The Bertz CT molecular complexity index is 1770. The molecule has 0 spiro atoms. The van der Waals surface area contributed by atoms with Crippen molar-refractivity contribution in [1.29, 1.82) is 0 Å². The molecule has 51 heavy (non-hydrogen) atoms. The zero-order valence-electron chi connectivity index (χ0n) is 29.3. The number of halogens is 2. The number of Topliss-reactive ketones (excluding diaryl/α,β-unsaturated/α-hetero) is 1. The molecule has 3 atom stereocenters. The van der Waals surface area contributed by atoms with Crippen LogP contribution in [-0.4, -0.2) is 80.7 Å². The molecule has 0 aliphatic carbocycles. The van der Waals surface area contributed by atoms with Gasteiger partial charge in [0.2, 0.25) is 11.8 Å². The Balaban J connectivity index is 1.53. The number of nitrogens with one attached hydrogen (secondary N) is 1. The third kappa shape index (κ3) is 9.83. The number of rotatable bonds is 16. The van der Waals surface area contributed by atoms with E-state index in [9.17, 15) is 33.5 Å². The second-order valence-electron chi connectivity index (χ2n) is 13.8. The van der Waals surface area contributed by atoms with E-state index >= 15 is 4.39 Å². The normalized spacial score (nSPS) is 14.8. The summed E-state index contributed by atoms with van der Waals surface area (Å²) in [6.07, 6.45) is 4.26. The number of aromatic nitrogens is 1. The number of nitrogens with two attached hydrogens (primary N) is 1. The number of nitrogens with zero attached hydrogens (tertiary/aromatic N) is 3. The third-order valence-corrected chi connectivity index (χ3v) is 8.80. The molecule has 0 radical (unpaired) electrons. The van der Waals surface area contributed by atoms with Gasteiger partial charge in [0, 0.05) is 61.2 Å². The van der Waals surface area contributed by atoms with Crippen LogP contribution in [0.2, 0.25) is 0 Å². The summed E-state index contributed by atoms with van der Waals surface area (Å²) in [5.41, 5.74) is 7.56. The maximum atomic E-state index is 15.0. The topological polar surface area (TPSA) is 155 Å². The molecule has 0 saturated heterocycles. The molecule has 2 aromatic carbocycles. The van der Waals surface area contributed by atoms with Gasteiger partial charge >= 0.3 is 0 Å². The highest BCUT2D eigenvalue weighted by Gasteiger charge is 2.37. The molecule has 272 valence electrons. The quantitative estimate of drug-likeness (QED) is 0.191. The Labute approximate surface area is 296 Å². The lowest BCUT2D eigenvalue weighted by molar-refractivity contribution is -0.140. The molecular formula is C38H45F2N5O6. The van der Waals surface area contributed by atoms with Crippen molar-refractivity contribution in [3.8, 4) is 11.1 Å². The van der Waals surface area contributed by atoms with Crippen LogP contribution in [0.15, 0.2) is 72.9 Å². The molecule has 11 nitrogen and oxygen atoms in total. The van der Waals surface area contributed by atoms with E-state index in [1.54, 1.807) is 12.3 Å². The smallest absolute Gasteiger partial charge is 0.253 e. The van der Waals surface area contributed by atoms with Crippen LogP contribution in [0, 0.1) is 17.0 Å². The fourth-order valence-corrected chi connectivity index (χ4v) is 6.19. The first-order chi connectivity index (χ1) is 24.1. The second kappa shape index (κ2) is 16.8. The zero-order chi connectivity index (χ0) is 37.5. The molecule has 1 aliphatic rings. The number of benzene rings is 2. The van der Waals surface area contributed by atoms with Crippen LogP contribution < -0.4 is 11.1 Å². The zero-order valence-corrected chi connectivity index (χ0v) is 29.3. The van der Waals surface area contributed by atoms with Crippen molar-refractivity contribution in [3.05, 3.63) is 95.8 Å². The van der Waals surface area contributed by atoms with Crippen molar-refractivity contribution in [1.82, 2.24) is 19.7 Å². The molecule has 13 heteroatoms. The molecular weight excluding hydrogens is 660 g/mol. The van der Waals surface area contributed by atoms with Crippen LogP contribution in [0.25, 0.3) is 11.1 Å². The van der Waals surface area contributed by atoms with E-state index in [0.717, 1.165) is 28.7 Å². The molecule has 4 amide bonds. The Kier molecular flexibility index (Phi) is 12.8. The van der Waals surface area contributed by atoms with E-state index in [1.165, 1.54) is 24.0 Å². The van der Waals surface area contributed by atoms with Crippen LogP contribution in [0.5, 0.6) is 0 Å². The van der Waals surface area contributed by atoms with Crippen molar-refractivity contribution >= 4 is 29.4 Å². The number of imide groups is 1. The monoisotopic (exact) mass is 705 g/mol. The van der Waals surface area contributed by atoms with Gasteiger partial charge in [-0.3, -0.25) is 28.9 Å². The van der Waals surface area contributed by atoms with Gasteiger partial charge in [0.1, 0.15) is 18.2 Å². The molecule has 1 aromatic heterocycles. The molecule has 4 rings (SSSR count).